The Labute approximate surface area is 339 Å². The molecule has 0 heterocycles. The highest BCUT2D eigenvalue weighted by Gasteiger charge is 2.41. The van der Waals surface area contributed by atoms with Gasteiger partial charge in [0.1, 0.15) is 0 Å². The van der Waals surface area contributed by atoms with Gasteiger partial charge < -0.3 is 4.90 Å². The molecule has 4 aliphatic carbocycles. The molecule has 0 aromatic heterocycles. The summed E-state index contributed by atoms with van der Waals surface area (Å²) < 4.78 is 0. The van der Waals surface area contributed by atoms with Crippen LogP contribution in [0.4, 0.5) is 17.1 Å². The summed E-state index contributed by atoms with van der Waals surface area (Å²) in [5, 5.41) is 2.75. The van der Waals surface area contributed by atoms with Gasteiger partial charge in [-0.05, 0) is 135 Å². The average Bonchev–Trinajstić information content (AvgIpc) is 3.97. The number of nitrogens with zero attached hydrogens (tertiary/aromatic N) is 1. The van der Waals surface area contributed by atoms with Gasteiger partial charge >= 0.3 is 0 Å². The minimum atomic E-state index is -0.182. The molecule has 0 N–H and O–H groups in total. The van der Waals surface area contributed by atoms with Crippen LogP contribution in [-0.4, -0.2) is 0 Å². The number of fused-ring (bicyclic) bond motifs is 6. The lowest BCUT2D eigenvalue weighted by Crippen LogP contribution is -2.19. The zero-order valence-corrected chi connectivity index (χ0v) is 33.6. The van der Waals surface area contributed by atoms with Gasteiger partial charge in [0.2, 0.25) is 0 Å². The Morgan fingerprint density at radius 2 is 1.25 bits per heavy atom. The predicted octanol–water partition coefficient (Wildman–Crippen LogP) is 15.9. The maximum Gasteiger partial charge on any atom is 0.0543 e. The molecule has 282 valence electrons. The number of hydrogen-bond acceptors (Lipinski definition) is 1. The van der Waals surface area contributed by atoms with E-state index in [0.29, 0.717) is 11.8 Å². The van der Waals surface area contributed by atoms with Crippen LogP contribution in [0.3, 0.4) is 0 Å². The van der Waals surface area contributed by atoms with Gasteiger partial charge in [0.15, 0.2) is 0 Å². The Morgan fingerprint density at radius 3 is 2.00 bits per heavy atom. The third kappa shape index (κ3) is 5.80. The zero-order chi connectivity index (χ0) is 38.1. The molecule has 1 nitrogen and oxygen atoms in total. The standard InChI is InChI=1S/C56H53N/c1-56(2)50-21-10-9-19-47(50)48-33-34-52(54(55(48)56)43-27-25-39(26-28-43)38-13-5-3-6-14-38)57(45-31-29-41(30-32-45)49-36-37-23-24-44(49)35-37)51-22-12-18-42-17-11-20-46(53(42)51)40-15-7-4-8-16-40/h3,5-6,9-14,17-22,25-34,37,40,44,49H,4,7-8,15-16,23-24,35-36H2,1-2H3. The van der Waals surface area contributed by atoms with Crippen molar-refractivity contribution >= 4 is 27.8 Å². The third-order valence-corrected chi connectivity index (χ3v) is 14.7. The smallest absolute Gasteiger partial charge is 0.0543 e. The van der Waals surface area contributed by atoms with Gasteiger partial charge in [0.25, 0.3) is 0 Å². The van der Waals surface area contributed by atoms with Crippen molar-refractivity contribution in [2.75, 3.05) is 4.90 Å². The van der Waals surface area contributed by atoms with Gasteiger partial charge in [-0.25, -0.2) is 0 Å². The molecule has 11 rings (SSSR count). The van der Waals surface area contributed by atoms with Crippen molar-refractivity contribution in [1.29, 1.82) is 0 Å². The normalized spacial score (nSPS) is 20.8. The summed E-state index contributed by atoms with van der Waals surface area (Å²) >= 11 is 0. The van der Waals surface area contributed by atoms with Crippen LogP contribution in [0, 0.1) is 11.8 Å². The van der Waals surface area contributed by atoms with E-state index in [2.05, 4.69) is 170 Å². The fourth-order valence-corrected chi connectivity index (χ4v) is 12.0. The van der Waals surface area contributed by atoms with Gasteiger partial charge in [-0.2, -0.15) is 0 Å². The van der Waals surface area contributed by atoms with Crippen molar-refractivity contribution in [3.05, 3.63) is 174 Å². The lowest BCUT2D eigenvalue weighted by Gasteiger charge is -2.34. The Kier molecular flexibility index (Phi) is 8.50. The third-order valence-electron chi connectivity index (χ3n) is 14.7. The maximum atomic E-state index is 2.65. The minimum Gasteiger partial charge on any atom is -0.309 e. The topological polar surface area (TPSA) is 3.24 Å². The van der Waals surface area contributed by atoms with E-state index in [-0.39, 0.29) is 5.41 Å². The highest BCUT2D eigenvalue weighted by atomic mass is 15.1. The lowest BCUT2D eigenvalue weighted by atomic mass is 9.78. The fraction of sp³-hybridized carbons (Fsp3) is 0.286. The van der Waals surface area contributed by atoms with Crippen LogP contribution in [-0.2, 0) is 5.41 Å². The first kappa shape index (κ1) is 34.8. The van der Waals surface area contributed by atoms with Crippen LogP contribution in [0.15, 0.2) is 152 Å². The number of rotatable bonds is 7. The Balaban J connectivity index is 1.16. The van der Waals surface area contributed by atoms with Crippen molar-refractivity contribution in [3.63, 3.8) is 0 Å². The molecule has 0 amide bonds. The summed E-state index contributed by atoms with van der Waals surface area (Å²) in [5.41, 5.74) is 17.3. The van der Waals surface area contributed by atoms with Crippen molar-refractivity contribution in [3.8, 4) is 33.4 Å². The SMILES string of the molecule is CC1(C)c2ccccc2-c2ccc(N(c3ccc(C4CC5CCC4C5)cc3)c3cccc4cccc(C5CCCCC5)c34)c(-c3ccc(-c4ccccc4)cc3)c21. The number of hydrogen-bond donors (Lipinski definition) is 0. The molecular weight excluding hydrogens is 687 g/mol. The molecule has 1 heteroatoms. The van der Waals surface area contributed by atoms with E-state index < -0.39 is 0 Å². The summed E-state index contributed by atoms with van der Waals surface area (Å²) in [6, 6.07) is 58.2. The quantitative estimate of drug-likeness (QED) is 0.157. The molecule has 7 aromatic rings. The summed E-state index contributed by atoms with van der Waals surface area (Å²) in [6.45, 7) is 4.88. The molecule has 0 saturated heterocycles. The Hall–Kier alpha value is -5.40. The first-order valence-electron chi connectivity index (χ1n) is 21.9. The van der Waals surface area contributed by atoms with E-state index in [1.165, 1.54) is 141 Å². The predicted molar refractivity (Wildman–Crippen MR) is 241 cm³/mol. The summed E-state index contributed by atoms with van der Waals surface area (Å²) in [5.74, 6) is 3.09. The van der Waals surface area contributed by atoms with E-state index in [1.54, 1.807) is 0 Å². The second-order valence-electron chi connectivity index (χ2n) is 18.3. The Bertz CT molecular complexity index is 2580. The first-order chi connectivity index (χ1) is 28.0. The molecule has 57 heavy (non-hydrogen) atoms. The van der Waals surface area contributed by atoms with Gasteiger partial charge in [0, 0.05) is 22.1 Å². The van der Waals surface area contributed by atoms with Crippen LogP contribution in [0.1, 0.15) is 106 Å². The van der Waals surface area contributed by atoms with Gasteiger partial charge in [-0.1, -0.05) is 167 Å². The summed E-state index contributed by atoms with van der Waals surface area (Å²) in [7, 11) is 0. The molecule has 3 atom stereocenters. The fourth-order valence-electron chi connectivity index (χ4n) is 12.0. The second kappa shape index (κ2) is 13.9. The number of anilines is 3. The van der Waals surface area contributed by atoms with Gasteiger partial charge in [-0.3, -0.25) is 0 Å². The highest BCUT2D eigenvalue weighted by Crippen LogP contribution is 2.57. The van der Waals surface area contributed by atoms with Crippen LogP contribution in [0.25, 0.3) is 44.2 Å². The summed E-state index contributed by atoms with van der Waals surface area (Å²) in [4.78, 5) is 2.65. The van der Waals surface area contributed by atoms with Gasteiger partial charge in [0.05, 0.1) is 11.4 Å². The van der Waals surface area contributed by atoms with Crippen LogP contribution in [0.5, 0.6) is 0 Å². The Morgan fingerprint density at radius 1 is 0.526 bits per heavy atom. The van der Waals surface area contributed by atoms with E-state index >= 15 is 0 Å². The maximum absolute atomic E-state index is 2.65. The average molecular weight is 740 g/mol. The van der Waals surface area contributed by atoms with Crippen molar-refractivity contribution in [1.82, 2.24) is 0 Å². The molecule has 0 radical (unpaired) electrons. The molecule has 3 unspecified atom stereocenters. The minimum absolute atomic E-state index is 0.182. The van der Waals surface area contributed by atoms with E-state index in [1.807, 2.05) is 0 Å². The molecule has 4 aliphatic rings. The first-order valence-corrected chi connectivity index (χ1v) is 21.9. The molecule has 3 fully saturated rings. The van der Waals surface area contributed by atoms with Crippen LogP contribution < -0.4 is 4.90 Å². The van der Waals surface area contributed by atoms with E-state index in [9.17, 15) is 0 Å². The molecular formula is C56H53N. The molecule has 2 bridgehead atoms. The molecule has 7 aromatic carbocycles. The number of benzene rings is 7. The zero-order valence-electron chi connectivity index (χ0n) is 33.6. The molecule has 0 aliphatic heterocycles. The van der Waals surface area contributed by atoms with Crippen LogP contribution in [0.2, 0.25) is 0 Å². The second-order valence-corrected chi connectivity index (χ2v) is 18.3. The van der Waals surface area contributed by atoms with Crippen molar-refractivity contribution < 1.29 is 0 Å². The van der Waals surface area contributed by atoms with E-state index in [0.717, 1.165) is 11.8 Å². The van der Waals surface area contributed by atoms with Gasteiger partial charge in [-0.15, -0.1) is 0 Å². The summed E-state index contributed by atoms with van der Waals surface area (Å²) in [6.07, 6.45) is 12.2. The molecule has 3 saturated carbocycles. The van der Waals surface area contributed by atoms with Crippen molar-refractivity contribution in [2.24, 2.45) is 11.8 Å². The van der Waals surface area contributed by atoms with Crippen LogP contribution >= 0.6 is 0 Å². The lowest BCUT2D eigenvalue weighted by molar-refractivity contribution is 0.420. The monoisotopic (exact) mass is 739 g/mol. The largest absolute Gasteiger partial charge is 0.309 e. The molecule has 0 spiro atoms. The van der Waals surface area contributed by atoms with E-state index in [4.69, 9.17) is 0 Å². The highest BCUT2D eigenvalue weighted by molar-refractivity contribution is 6.05. The van der Waals surface area contributed by atoms with Crippen molar-refractivity contribution in [2.45, 2.75) is 88.9 Å².